The van der Waals surface area contributed by atoms with Crippen LogP contribution in [0.5, 0.6) is 0 Å². The predicted octanol–water partition coefficient (Wildman–Crippen LogP) is 10.7. The number of furan rings is 1. The topological polar surface area (TPSA) is 60.7 Å². The zero-order chi connectivity index (χ0) is 28.2. The van der Waals surface area contributed by atoms with Crippen LogP contribution in [-0.2, 0) is 0 Å². The van der Waals surface area contributed by atoms with Crippen LogP contribution in [0, 0.1) is 22.7 Å². The molecule has 0 atom stereocenters. The highest BCUT2D eigenvalue weighted by Crippen LogP contribution is 2.47. The molecule has 0 radical (unpaired) electrons. The van der Waals surface area contributed by atoms with Gasteiger partial charge >= 0.3 is 0 Å². The molecule has 42 heavy (non-hydrogen) atoms. The highest BCUT2D eigenvalue weighted by Gasteiger charge is 2.25. The number of nitrogens with zero attached hydrogens (tertiary/aromatic N) is 2. The predicted molar refractivity (Wildman–Crippen MR) is 172 cm³/mol. The van der Waals surface area contributed by atoms with E-state index in [-0.39, 0.29) is 0 Å². The first-order valence-corrected chi connectivity index (χ1v) is 14.5. The third kappa shape index (κ3) is 3.50. The second-order valence-corrected chi connectivity index (χ2v) is 11.3. The van der Waals surface area contributed by atoms with Gasteiger partial charge in [0.2, 0.25) is 0 Å². The molecule has 0 spiro atoms. The number of nitriles is 2. The molecule has 0 saturated heterocycles. The van der Waals surface area contributed by atoms with E-state index >= 15 is 0 Å². The fourth-order valence-corrected chi connectivity index (χ4v) is 7.38. The monoisotopic (exact) mass is 552 g/mol. The Morgan fingerprint density at radius 2 is 1.14 bits per heavy atom. The molecule has 0 aliphatic heterocycles. The van der Waals surface area contributed by atoms with E-state index in [0.717, 1.165) is 59.8 Å². The number of hydrogen-bond donors (Lipinski definition) is 0. The fourth-order valence-electron chi connectivity index (χ4n) is 6.15. The molecule has 3 nitrogen and oxygen atoms in total. The summed E-state index contributed by atoms with van der Waals surface area (Å²) in [6, 6.07) is 45.5. The van der Waals surface area contributed by atoms with Gasteiger partial charge in [-0.2, -0.15) is 10.5 Å². The molecule has 0 aliphatic rings. The quantitative estimate of drug-likeness (QED) is 0.219. The van der Waals surface area contributed by atoms with Crippen molar-refractivity contribution in [2.75, 3.05) is 0 Å². The average Bonchev–Trinajstić information content (AvgIpc) is 3.63. The minimum absolute atomic E-state index is 0.456. The lowest BCUT2D eigenvalue weighted by Gasteiger charge is -2.17. The Balaban J connectivity index is 1.54. The van der Waals surface area contributed by atoms with Crippen LogP contribution in [0.2, 0.25) is 0 Å². The van der Waals surface area contributed by atoms with Gasteiger partial charge in [0.25, 0.3) is 0 Å². The number of fused-ring (bicyclic) bond motifs is 6. The summed E-state index contributed by atoms with van der Waals surface area (Å²) in [6.45, 7) is 0. The number of hydrogen-bond acceptors (Lipinski definition) is 4. The van der Waals surface area contributed by atoms with Crippen molar-refractivity contribution >= 4 is 53.4 Å². The number of rotatable bonds is 3. The molecular formula is C38H20N2OS. The van der Waals surface area contributed by atoms with Gasteiger partial charge in [0, 0.05) is 58.8 Å². The molecule has 2 aromatic heterocycles. The lowest BCUT2D eigenvalue weighted by atomic mass is 9.83. The summed E-state index contributed by atoms with van der Waals surface area (Å²) in [5.41, 5.74) is 7.28. The molecule has 0 saturated carbocycles. The first-order valence-electron chi connectivity index (χ1n) is 13.6. The number of thiophene rings is 1. The maximum Gasteiger partial charge on any atom is 0.143 e. The Morgan fingerprint density at radius 3 is 1.93 bits per heavy atom. The molecule has 0 bridgehead atoms. The normalized spacial score (nSPS) is 11.3. The summed E-state index contributed by atoms with van der Waals surface area (Å²) in [7, 11) is 0. The Labute approximate surface area is 245 Å². The van der Waals surface area contributed by atoms with E-state index in [2.05, 4.69) is 66.7 Å². The largest absolute Gasteiger partial charge is 0.455 e. The van der Waals surface area contributed by atoms with Gasteiger partial charge in [0.05, 0.1) is 11.1 Å². The van der Waals surface area contributed by atoms with Gasteiger partial charge < -0.3 is 4.42 Å². The third-order valence-corrected chi connectivity index (χ3v) is 9.22. The van der Waals surface area contributed by atoms with Crippen LogP contribution in [0.3, 0.4) is 0 Å². The molecule has 2 heterocycles. The molecule has 4 heteroatoms. The highest BCUT2D eigenvalue weighted by atomic mass is 32.1. The minimum Gasteiger partial charge on any atom is -0.455 e. The molecule has 0 aliphatic carbocycles. The van der Waals surface area contributed by atoms with Crippen LogP contribution >= 0.6 is 11.3 Å². The minimum atomic E-state index is 0.456. The van der Waals surface area contributed by atoms with Crippen molar-refractivity contribution in [1.29, 1.82) is 10.5 Å². The first-order chi connectivity index (χ1) is 20.8. The van der Waals surface area contributed by atoms with E-state index in [1.54, 1.807) is 11.3 Å². The van der Waals surface area contributed by atoms with Crippen LogP contribution in [0.1, 0.15) is 11.1 Å². The van der Waals surface area contributed by atoms with Crippen molar-refractivity contribution < 1.29 is 4.42 Å². The van der Waals surface area contributed by atoms with Gasteiger partial charge in [-0.3, -0.25) is 0 Å². The van der Waals surface area contributed by atoms with Crippen molar-refractivity contribution in [3.8, 4) is 45.5 Å². The summed E-state index contributed by atoms with van der Waals surface area (Å²) < 4.78 is 8.74. The van der Waals surface area contributed by atoms with Crippen molar-refractivity contribution in [3.05, 3.63) is 132 Å². The second-order valence-electron chi connectivity index (χ2n) is 10.2. The van der Waals surface area contributed by atoms with E-state index in [4.69, 9.17) is 4.42 Å². The molecule has 0 N–H and O–H groups in total. The van der Waals surface area contributed by atoms with E-state index < -0.39 is 0 Å². The van der Waals surface area contributed by atoms with Gasteiger partial charge in [-0.1, -0.05) is 103 Å². The lowest BCUT2D eigenvalue weighted by Crippen LogP contribution is -1.98. The van der Waals surface area contributed by atoms with E-state index in [0.29, 0.717) is 16.7 Å². The zero-order valence-corrected chi connectivity index (χ0v) is 23.1. The Kier molecular flexibility index (Phi) is 5.44. The number of benzene rings is 6. The summed E-state index contributed by atoms with van der Waals surface area (Å²) in [5.74, 6) is 0. The third-order valence-electron chi connectivity index (χ3n) is 8.00. The summed E-state index contributed by atoms with van der Waals surface area (Å²) in [5, 5.41) is 25.8. The maximum absolute atomic E-state index is 10.7. The SMILES string of the molecule is N#Cc1c(-c2cccc3c2oc2ccccc23)cc(-c2cccc3c2sc2ccccc23)c(C#N)c1-c1ccccc1. The Hall–Kier alpha value is -5.68. The summed E-state index contributed by atoms with van der Waals surface area (Å²) in [4.78, 5) is 0. The van der Waals surface area contributed by atoms with Gasteiger partial charge in [-0.05, 0) is 23.8 Å². The van der Waals surface area contributed by atoms with Crippen molar-refractivity contribution in [2.24, 2.45) is 0 Å². The van der Waals surface area contributed by atoms with Crippen LogP contribution in [0.4, 0.5) is 0 Å². The summed E-state index contributed by atoms with van der Waals surface area (Å²) in [6.07, 6.45) is 0. The molecule has 8 rings (SSSR count). The smallest absolute Gasteiger partial charge is 0.143 e. The summed E-state index contributed by atoms with van der Waals surface area (Å²) >= 11 is 1.73. The van der Waals surface area contributed by atoms with Crippen molar-refractivity contribution in [3.63, 3.8) is 0 Å². The fraction of sp³-hybridized carbons (Fsp3) is 0. The molecule has 194 valence electrons. The maximum atomic E-state index is 10.7. The first kappa shape index (κ1) is 24.1. The van der Waals surface area contributed by atoms with E-state index in [1.807, 2.05) is 66.7 Å². The van der Waals surface area contributed by atoms with Gasteiger partial charge in [-0.15, -0.1) is 11.3 Å². The van der Waals surface area contributed by atoms with Gasteiger partial charge in [0.1, 0.15) is 23.3 Å². The molecule has 8 aromatic rings. The van der Waals surface area contributed by atoms with Crippen LogP contribution < -0.4 is 0 Å². The van der Waals surface area contributed by atoms with Crippen LogP contribution in [0.15, 0.2) is 126 Å². The second kappa shape index (κ2) is 9.46. The van der Waals surface area contributed by atoms with Crippen LogP contribution in [0.25, 0.3) is 75.5 Å². The average molecular weight is 553 g/mol. The number of para-hydroxylation sites is 2. The zero-order valence-electron chi connectivity index (χ0n) is 22.3. The molecule has 0 amide bonds. The highest BCUT2D eigenvalue weighted by molar-refractivity contribution is 7.26. The van der Waals surface area contributed by atoms with Crippen molar-refractivity contribution in [1.82, 2.24) is 0 Å². The lowest BCUT2D eigenvalue weighted by molar-refractivity contribution is 0.670. The Bertz CT molecular complexity index is 2280. The van der Waals surface area contributed by atoms with E-state index in [9.17, 15) is 10.5 Å². The standard InChI is InChI=1S/C38H20N2OS/c39-21-32-30(27-15-8-14-26-24-12-4-6-18-34(24)41-37(26)27)20-31(33(22-40)36(32)23-10-2-1-3-11-23)29-17-9-16-28-25-13-5-7-19-35(25)42-38(28)29/h1-20H. The molecule has 0 fully saturated rings. The van der Waals surface area contributed by atoms with Crippen LogP contribution in [-0.4, -0.2) is 0 Å². The Morgan fingerprint density at radius 1 is 0.524 bits per heavy atom. The van der Waals surface area contributed by atoms with Gasteiger partial charge in [0.15, 0.2) is 0 Å². The van der Waals surface area contributed by atoms with Crippen molar-refractivity contribution in [2.45, 2.75) is 0 Å². The molecule has 0 unspecified atom stereocenters. The molecular weight excluding hydrogens is 532 g/mol. The van der Waals surface area contributed by atoms with Gasteiger partial charge in [-0.25, -0.2) is 0 Å². The van der Waals surface area contributed by atoms with E-state index in [1.165, 1.54) is 10.1 Å². The molecule has 6 aromatic carbocycles.